The van der Waals surface area contributed by atoms with Crippen LogP contribution < -0.4 is 16.0 Å². The highest BCUT2D eigenvalue weighted by Gasteiger charge is 2.13. The maximum Gasteiger partial charge on any atom is 0.221 e. The molecule has 25 heavy (non-hydrogen) atoms. The van der Waals surface area contributed by atoms with Crippen LogP contribution in [0.15, 0.2) is 15.6 Å². The van der Waals surface area contributed by atoms with Crippen LogP contribution in [-0.4, -0.2) is 36.7 Å². The van der Waals surface area contributed by atoms with Crippen molar-refractivity contribution >= 4 is 35.8 Å². The Morgan fingerprint density at radius 3 is 2.52 bits per heavy atom. The van der Waals surface area contributed by atoms with Crippen LogP contribution in [0.1, 0.15) is 64.3 Å². The molecular formula is C17H32IN5O2. The number of hydrogen-bond donors (Lipinski definition) is 3. The van der Waals surface area contributed by atoms with Crippen molar-refractivity contribution in [3.05, 3.63) is 17.5 Å². The highest BCUT2D eigenvalue weighted by atomic mass is 127. The largest absolute Gasteiger partial charge is 0.359 e. The number of halogens is 1. The number of carbonyl (C=O) groups is 1. The van der Waals surface area contributed by atoms with Gasteiger partial charge in [0.25, 0.3) is 0 Å². The monoisotopic (exact) mass is 465 g/mol. The average Bonchev–Trinajstić information content (AvgIpc) is 3.00. The quantitative estimate of drug-likeness (QED) is 0.297. The maximum atomic E-state index is 11.6. The Labute approximate surface area is 167 Å². The molecule has 1 rings (SSSR count). The number of aromatic nitrogens is 1. The number of hydrogen-bond acceptors (Lipinski definition) is 4. The van der Waals surface area contributed by atoms with Gasteiger partial charge < -0.3 is 20.5 Å². The van der Waals surface area contributed by atoms with Gasteiger partial charge in [-0.05, 0) is 26.7 Å². The first kappa shape index (κ1) is 23.7. The van der Waals surface area contributed by atoms with Crippen LogP contribution in [0.3, 0.4) is 0 Å². The number of nitrogens with zero attached hydrogens (tertiary/aromatic N) is 2. The van der Waals surface area contributed by atoms with Crippen molar-refractivity contribution in [2.45, 2.75) is 65.5 Å². The molecule has 8 heteroatoms. The molecule has 144 valence electrons. The van der Waals surface area contributed by atoms with Gasteiger partial charge in [-0.25, -0.2) is 0 Å². The molecule has 0 aliphatic heterocycles. The van der Waals surface area contributed by atoms with Gasteiger partial charge in [-0.15, -0.1) is 24.0 Å². The van der Waals surface area contributed by atoms with Crippen molar-refractivity contribution in [3.8, 4) is 0 Å². The molecule has 0 bridgehead atoms. The maximum absolute atomic E-state index is 11.6. The van der Waals surface area contributed by atoms with Crippen molar-refractivity contribution < 1.29 is 9.32 Å². The van der Waals surface area contributed by atoms with E-state index in [9.17, 15) is 4.79 Å². The molecule has 1 aromatic rings. The van der Waals surface area contributed by atoms with Crippen LogP contribution in [-0.2, 0) is 11.3 Å². The van der Waals surface area contributed by atoms with E-state index >= 15 is 0 Å². The van der Waals surface area contributed by atoms with Gasteiger partial charge in [0.15, 0.2) is 11.7 Å². The first-order chi connectivity index (χ1) is 11.5. The highest BCUT2D eigenvalue weighted by Crippen LogP contribution is 2.22. The summed E-state index contributed by atoms with van der Waals surface area (Å²) in [6.07, 6.45) is 2.51. The first-order valence-corrected chi connectivity index (χ1v) is 8.69. The molecule has 0 aliphatic carbocycles. The summed E-state index contributed by atoms with van der Waals surface area (Å²) in [5, 5.41) is 13.3. The fraction of sp³-hybridized carbons (Fsp3) is 0.706. The summed E-state index contributed by atoms with van der Waals surface area (Å²) in [6, 6.07) is 2.15. The zero-order valence-corrected chi connectivity index (χ0v) is 18.2. The second kappa shape index (κ2) is 13.0. The molecule has 0 saturated heterocycles. The molecule has 3 N–H and O–H groups in total. The van der Waals surface area contributed by atoms with Gasteiger partial charge in [0, 0.05) is 38.0 Å². The lowest BCUT2D eigenvalue weighted by Gasteiger charge is -2.11. The first-order valence-electron chi connectivity index (χ1n) is 8.69. The molecule has 0 aliphatic rings. The molecule has 1 aromatic heterocycles. The smallest absolute Gasteiger partial charge is 0.221 e. The summed E-state index contributed by atoms with van der Waals surface area (Å²) in [7, 11) is 1.69. The summed E-state index contributed by atoms with van der Waals surface area (Å²) in [6.45, 7) is 9.22. The van der Waals surface area contributed by atoms with E-state index in [0.29, 0.717) is 31.4 Å². The minimum absolute atomic E-state index is 0. The SMILES string of the molecule is CCC(CC)c1cc(CNC(=NC)NCCC(=O)NC(C)C)on1.I. The van der Waals surface area contributed by atoms with Crippen LogP contribution >= 0.6 is 24.0 Å². The third kappa shape index (κ3) is 9.08. The summed E-state index contributed by atoms with van der Waals surface area (Å²) in [5.41, 5.74) is 1.00. The zero-order valence-electron chi connectivity index (χ0n) is 15.9. The fourth-order valence-electron chi connectivity index (χ4n) is 2.39. The standard InChI is InChI=1S/C17H31N5O2.HI/c1-6-13(7-2)15-10-14(24-22-15)11-20-17(18-5)19-9-8-16(23)21-12(3)4;/h10,12-13H,6-9,11H2,1-5H3,(H,21,23)(H2,18,19,20);1H. The molecule has 0 saturated carbocycles. The predicted molar refractivity (Wildman–Crippen MR) is 111 cm³/mol. The molecular weight excluding hydrogens is 433 g/mol. The molecule has 7 nitrogen and oxygen atoms in total. The Balaban J connectivity index is 0.00000576. The number of nitrogens with one attached hydrogen (secondary N) is 3. The Kier molecular flexibility index (Phi) is 12.3. The van der Waals surface area contributed by atoms with Gasteiger partial charge in [-0.3, -0.25) is 9.79 Å². The van der Waals surface area contributed by atoms with E-state index in [2.05, 4.69) is 39.9 Å². The van der Waals surface area contributed by atoms with E-state index < -0.39 is 0 Å². The molecule has 0 spiro atoms. The highest BCUT2D eigenvalue weighted by molar-refractivity contribution is 14.0. The molecule has 0 radical (unpaired) electrons. The van der Waals surface area contributed by atoms with Crippen molar-refractivity contribution in [3.63, 3.8) is 0 Å². The van der Waals surface area contributed by atoms with Gasteiger partial charge in [-0.1, -0.05) is 19.0 Å². The summed E-state index contributed by atoms with van der Waals surface area (Å²) < 4.78 is 5.37. The predicted octanol–water partition coefficient (Wildman–Crippen LogP) is 2.78. The van der Waals surface area contributed by atoms with Crippen molar-refractivity contribution in [1.29, 1.82) is 0 Å². The van der Waals surface area contributed by atoms with Crippen molar-refractivity contribution in [1.82, 2.24) is 21.1 Å². The van der Waals surface area contributed by atoms with Gasteiger partial charge in [0.2, 0.25) is 5.91 Å². The van der Waals surface area contributed by atoms with Crippen LogP contribution in [0.5, 0.6) is 0 Å². The number of aliphatic imine (C=N–C) groups is 1. The molecule has 0 aromatic carbocycles. The van der Waals surface area contributed by atoms with Gasteiger partial charge in [-0.2, -0.15) is 0 Å². The second-order valence-electron chi connectivity index (χ2n) is 6.06. The number of carbonyl (C=O) groups excluding carboxylic acids is 1. The minimum Gasteiger partial charge on any atom is -0.359 e. The Bertz CT molecular complexity index is 527. The van der Waals surface area contributed by atoms with E-state index in [4.69, 9.17) is 4.52 Å². The lowest BCUT2D eigenvalue weighted by molar-refractivity contribution is -0.121. The van der Waals surface area contributed by atoms with Crippen LogP contribution in [0.4, 0.5) is 0 Å². The van der Waals surface area contributed by atoms with E-state index in [0.717, 1.165) is 24.3 Å². The molecule has 1 amide bonds. The lowest BCUT2D eigenvalue weighted by Crippen LogP contribution is -2.39. The summed E-state index contributed by atoms with van der Waals surface area (Å²) in [4.78, 5) is 15.7. The van der Waals surface area contributed by atoms with Crippen molar-refractivity contribution in [2.75, 3.05) is 13.6 Å². The van der Waals surface area contributed by atoms with E-state index in [1.165, 1.54) is 0 Å². The third-order valence-electron chi connectivity index (χ3n) is 3.73. The van der Waals surface area contributed by atoms with E-state index in [1.807, 2.05) is 19.9 Å². The lowest BCUT2D eigenvalue weighted by atomic mass is 9.99. The van der Waals surface area contributed by atoms with Crippen molar-refractivity contribution in [2.24, 2.45) is 4.99 Å². The molecule has 0 atom stereocenters. The zero-order chi connectivity index (χ0) is 17.9. The summed E-state index contributed by atoms with van der Waals surface area (Å²) in [5.74, 6) is 1.88. The topological polar surface area (TPSA) is 91.5 Å². The van der Waals surface area contributed by atoms with Gasteiger partial charge >= 0.3 is 0 Å². The average molecular weight is 465 g/mol. The second-order valence-corrected chi connectivity index (χ2v) is 6.06. The van der Waals surface area contributed by atoms with Crippen LogP contribution in [0.25, 0.3) is 0 Å². The molecule has 0 fully saturated rings. The molecule has 1 heterocycles. The van der Waals surface area contributed by atoms with Crippen LogP contribution in [0.2, 0.25) is 0 Å². The number of rotatable bonds is 9. The van der Waals surface area contributed by atoms with E-state index in [1.54, 1.807) is 7.05 Å². The minimum atomic E-state index is 0. The number of amides is 1. The Hall–Kier alpha value is -1.32. The Morgan fingerprint density at radius 2 is 1.96 bits per heavy atom. The third-order valence-corrected chi connectivity index (χ3v) is 3.73. The van der Waals surface area contributed by atoms with E-state index in [-0.39, 0.29) is 35.9 Å². The fourth-order valence-corrected chi connectivity index (χ4v) is 2.39. The van der Waals surface area contributed by atoms with Gasteiger partial charge in [0.1, 0.15) is 0 Å². The Morgan fingerprint density at radius 1 is 1.28 bits per heavy atom. The molecule has 0 unspecified atom stereocenters. The van der Waals surface area contributed by atoms with Crippen LogP contribution in [0, 0.1) is 0 Å². The van der Waals surface area contributed by atoms with Gasteiger partial charge in [0.05, 0.1) is 12.2 Å². The normalized spacial score (nSPS) is 11.4. The number of guanidine groups is 1. The summed E-state index contributed by atoms with van der Waals surface area (Å²) >= 11 is 0.